The Balaban J connectivity index is 1.81. The molecule has 2 N–H and O–H groups in total. The van der Waals surface area contributed by atoms with Gasteiger partial charge in [0.1, 0.15) is 0 Å². The summed E-state index contributed by atoms with van der Waals surface area (Å²) in [6.07, 6.45) is 1.46. The van der Waals surface area contributed by atoms with Crippen molar-refractivity contribution in [2.45, 2.75) is 40.0 Å². The molecule has 0 atom stereocenters. The molecule has 5 heteroatoms. The maximum absolute atomic E-state index is 12.7. The van der Waals surface area contributed by atoms with Crippen molar-refractivity contribution in [3.63, 3.8) is 0 Å². The first-order valence-electron chi connectivity index (χ1n) is 8.46. The molecule has 1 aliphatic rings. The van der Waals surface area contributed by atoms with E-state index in [1.54, 1.807) is 0 Å². The van der Waals surface area contributed by atoms with E-state index >= 15 is 0 Å². The number of aryl methyl sites for hydroxylation is 3. The van der Waals surface area contributed by atoms with E-state index in [0.717, 1.165) is 22.2 Å². The van der Waals surface area contributed by atoms with Crippen LogP contribution in [0.2, 0.25) is 0 Å². The summed E-state index contributed by atoms with van der Waals surface area (Å²) in [5.74, 6) is -0.974. The zero-order valence-corrected chi connectivity index (χ0v) is 14.5. The van der Waals surface area contributed by atoms with Gasteiger partial charge in [0.25, 0.3) is 0 Å². The Morgan fingerprint density at radius 1 is 1.17 bits per heavy atom. The number of hydrogen-bond donors (Lipinski definition) is 2. The molecule has 24 heavy (non-hydrogen) atoms. The Kier molecular flexibility index (Phi) is 4.35. The van der Waals surface area contributed by atoms with Crippen molar-refractivity contribution in [2.75, 3.05) is 13.1 Å². The number of nitrogens with one attached hydrogen (secondary N) is 1. The molecular weight excluding hydrogens is 304 g/mol. The van der Waals surface area contributed by atoms with E-state index in [2.05, 4.69) is 31.0 Å². The number of H-pyrrole nitrogens is 1. The summed E-state index contributed by atoms with van der Waals surface area (Å²) in [6.45, 7) is 7.23. The standard InChI is InChI=1S/C19H24N2O3/c1-11-4-5-12(2)18-17(11)15(13(3)20-18)10-16(22)21-8-6-14(7-9-21)19(23)24/h4-5,14,20H,6-10H2,1-3H3,(H,23,24). The smallest absolute Gasteiger partial charge is 0.306 e. The number of fused-ring (bicyclic) bond motifs is 1. The number of benzene rings is 1. The van der Waals surface area contributed by atoms with Gasteiger partial charge >= 0.3 is 5.97 Å². The van der Waals surface area contributed by atoms with Gasteiger partial charge in [0, 0.05) is 29.7 Å². The third-order valence-corrected chi connectivity index (χ3v) is 5.21. The van der Waals surface area contributed by atoms with Crippen LogP contribution in [0.25, 0.3) is 10.9 Å². The van der Waals surface area contributed by atoms with E-state index in [1.165, 1.54) is 11.1 Å². The molecular formula is C19H24N2O3. The van der Waals surface area contributed by atoms with Gasteiger partial charge in [-0.1, -0.05) is 12.1 Å². The third kappa shape index (κ3) is 2.90. The zero-order valence-electron chi connectivity index (χ0n) is 14.5. The van der Waals surface area contributed by atoms with Crippen LogP contribution in [0.3, 0.4) is 0 Å². The number of carboxylic acids is 1. The van der Waals surface area contributed by atoms with Crippen molar-refractivity contribution in [3.8, 4) is 0 Å². The van der Waals surface area contributed by atoms with Gasteiger partial charge < -0.3 is 15.0 Å². The van der Waals surface area contributed by atoms with Crippen molar-refractivity contribution >= 4 is 22.8 Å². The van der Waals surface area contributed by atoms with Crippen LogP contribution in [0.5, 0.6) is 0 Å². The largest absolute Gasteiger partial charge is 0.481 e. The Morgan fingerprint density at radius 3 is 2.42 bits per heavy atom. The van der Waals surface area contributed by atoms with Gasteiger partial charge in [0.15, 0.2) is 0 Å². The highest BCUT2D eigenvalue weighted by molar-refractivity contribution is 5.94. The molecule has 5 nitrogen and oxygen atoms in total. The fourth-order valence-corrected chi connectivity index (χ4v) is 3.67. The first-order valence-corrected chi connectivity index (χ1v) is 8.46. The van der Waals surface area contributed by atoms with E-state index in [-0.39, 0.29) is 11.8 Å². The summed E-state index contributed by atoms with van der Waals surface area (Å²) >= 11 is 0. The topological polar surface area (TPSA) is 73.4 Å². The van der Waals surface area contributed by atoms with Crippen molar-refractivity contribution in [1.82, 2.24) is 9.88 Å². The van der Waals surface area contributed by atoms with Gasteiger partial charge in [-0.25, -0.2) is 0 Å². The lowest BCUT2D eigenvalue weighted by Crippen LogP contribution is -2.41. The van der Waals surface area contributed by atoms with E-state index in [9.17, 15) is 9.59 Å². The van der Waals surface area contributed by atoms with Crippen LogP contribution in [0.1, 0.15) is 35.2 Å². The fourth-order valence-electron chi connectivity index (χ4n) is 3.67. The average molecular weight is 328 g/mol. The minimum absolute atomic E-state index is 0.0868. The second-order valence-electron chi connectivity index (χ2n) is 6.85. The highest BCUT2D eigenvalue weighted by Gasteiger charge is 2.27. The first kappa shape index (κ1) is 16.6. The van der Waals surface area contributed by atoms with E-state index in [4.69, 9.17) is 5.11 Å². The maximum atomic E-state index is 12.7. The molecule has 3 rings (SSSR count). The number of carboxylic acid groups (broad SMARTS) is 1. The van der Waals surface area contributed by atoms with E-state index in [1.807, 2.05) is 11.8 Å². The number of carbonyl (C=O) groups excluding carboxylic acids is 1. The van der Waals surface area contributed by atoms with Gasteiger partial charge in [-0.2, -0.15) is 0 Å². The number of hydrogen-bond acceptors (Lipinski definition) is 2. The number of nitrogens with zero attached hydrogens (tertiary/aromatic N) is 1. The lowest BCUT2D eigenvalue weighted by molar-refractivity contribution is -0.145. The zero-order chi connectivity index (χ0) is 17.4. The Bertz CT molecular complexity index is 799. The maximum Gasteiger partial charge on any atom is 0.306 e. The number of rotatable bonds is 3. The summed E-state index contributed by atoms with van der Waals surface area (Å²) in [4.78, 5) is 29.0. The van der Waals surface area contributed by atoms with Crippen LogP contribution in [-0.2, 0) is 16.0 Å². The molecule has 0 spiro atoms. The van der Waals surface area contributed by atoms with Crippen LogP contribution in [0.4, 0.5) is 0 Å². The number of aromatic amines is 1. The Morgan fingerprint density at radius 2 is 1.79 bits per heavy atom. The van der Waals surface area contributed by atoms with Crippen LogP contribution in [0.15, 0.2) is 12.1 Å². The normalized spacial score (nSPS) is 15.9. The van der Waals surface area contributed by atoms with Crippen molar-refractivity contribution in [2.24, 2.45) is 5.92 Å². The summed E-state index contributed by atoms with van der Waals surface area (Å²) in [5.41, 5.74) is 5.57. The van der Waals surface area contributed by atoms with Crippen LogP contribution in [0, 0.1) is 26.7 Å². The van der Waals surface area contributed by atoms with Gasteiger partial charge in [0.05, 0.1) is 12.3 Å². The minimum Gasteiger partial charge on any atom is -0.481 e. The first-order chi connectivity index (χ1) is 11.4. The molecule has 0 unspecified atom stereocenters. The van der Waals surface area contributed by atoms with Gasteiger partial charge in [-0.3, -0.25) is 9.59 Å². The van der Waals surface area contributed by atoms with Crippen LogP contribution in [-0.4, -0.2) is 40.0 Å². The van der Waals surface area contributed by atoms with Gasteiger partial charge in [0.2, 0.25) is 5.91 Å². The third-order valence-electron chi connectivity index (χ3n) is 5.21. The van der Waals surface area contributed by atoms with Gasteiger partial charge in [-0.15, -0.1) is 0 Å². The molecule has 1 amide bonds. The van der Waals surface area contributed by atoms with Crippen molar-refractivity contribution < 1.29 is 14.7 Å². The molecule has 2 heterocycles. The highest BCUT2D eigenvalue weighted by atomic mass is 16.4. The summed E-state index contributed by atoms with van der Waals surface area (Å²) < 4.78 is 0. The summed E-state index contributed by atoms with van der Waals surface area (Å²) in [7, 11) is 0. The SMILES string of the molecule is Cc1[nH]c2c(C)ccc(C)c2c1CC(=O)N1CCC(C(=O)O)CC1. The molecule has 0 bridgehead atoms. The predicted octanol–water partition coefficient (Wildman–Crippen LogP) is 2.96. The lowest BCUT2D eigenvalue weighted by atomic mass is 9.96. The van der Waals surface area contributed by atoms with Crippen LogP contribution >= 0.6 is 0 Å². The average Bonchev–Trinajstić information content (AvgIpc) is 2.89. The molecule has 1 fully saturated rings. The molecule has 1 aromatic heterocycles. The molecule has 0 saturated carbocycles. The summed E-state index contributed by atoms with van der Waals surface area (Å²) in [6, 6.07) is 4.19. The molecule has 0 aliphatic carbocycles. The molecule has 128 valence electrons. The van der Waals surface area contributed by atoms with Gasteiger partial charge in [-0.05, 0) is 50.3 Å². The quantitative estimate of drug-likeness (QED) is 0.910. The predicted molar refractivity (Wildman–Crippen MR) is 93.2 cm³/mol. The highest BCUT2D eigenvalue weighted by Crippen LogP contribution is 2.29. The molecule has 1 aliphatic heterocycles. The van der Waals surface area contributed by atoms with Crippen molar-refractivity contribution in [1.29, 1.82) is 0 Å². The molecule has 1 saturated heterocycles. The monoisotopic (exact) mass is 328 g/mol. The minimum atomic E-state index is -0.749. The number of aliphatic carboxylic acids is 1. The number of piperidine rings is 1. The van der Waals surface area contributed by atoms with Crippen LogP contribution < -0.4 is 0 Å². The Labute approximate surface area is 141 Å². The number of aromatic nitrogens is 1. The van der Waals surface area contributed by atoms with E-state index in [0.29, 0.717) is 32.4 Å². The molecule has 0 radical (unpaired) electrons. The Hall–Kier alpha value is -2.30. The molecule has 1 aromatic carbocycles. The number of likely N-dealkylation sites (tertiary alicyclic amines) is 1. The number of carbonyl (C=O) groups is 2. The van der Waals surface area contributed by atoms with E-state index < -0.39 is 5.97 Å². The van der Waals surface area contributed by atoms with Crippen molar-refractivity contribution in [3.05, 3.63) is 34.5 Å². The lowest BCUT2D eigenvalue weighted by Gasteiger charge is -2.30. The molecule has 2 aromatic rings. The second kappa shape index (κ2) is 6.30. The fraction of sp³-hybridized carbons (Fsp3) is 0.474. The number of amides is 1. The summed E-state index contributed by atoms with van der Waals surface area (Å²) in [5, 5.41) is 10.2. The second-order valence-corrected chi connectivity index (χ2v) is 6.85.